The molecule has 0 spiro atoms. The van der Waals surface area contributed by atoms with Gasteiger partial charge in [-0.3, -0.25) is 4.79 Å². The summed E-state index contributed by atoms with van der Waals surface area (Å²) in [4.78, 5) is 21.1. The topological polar surface area (TPSA) is 94.0 Å². The number of anilines is 1. The summed E-state index contributed by atoms with van der Waals surface area (Å²) in [6.07, 6.45) is 5.59. The number of oxazole rings is 1. The van der Waals surface area contributed by atoms with Crippen molar-refractivity contribution in [3.05, 3.63) is 72.1 Å². The zero-order valence-electron chi connectivity index (χ0n) is 17.3. The molecule has 0 aliphatic carbocycles. The van der Waals surface area contributed by atoms with Gasteiger partial charge in [0.2, 0.25) is 11.8 Å². The van der Waals surface area contributed by atoms with Crippen molar-refractivity contribution in [1.82, 2.24) is 9.97 Å². The molecule has 0 saturated heterocycles. The molecule has 8 heteroatoms. The number of rotatable bonds is 8. The number of hydrogen-bond donors (Lipinski definition) is 2. The quantitative estimate of drug-likeness (QED) is 0.373. The Bertz CT molecular complexity index is 1000. The maximum atomic E-state index is 12.3. The number of nitrogens with one attached hydrogen (secondary N) is 1. The second kappa shape index (κ2) is 9.59. The second-order valence-corrected chi connectivity index (χ2v) is 10.3. The number of benzene rings is 1. The highest BCUT2D eigenvalue weighted by Crippen LogP contribution is 2.40. The molecular formula is C22H26N4O2S2. The van der Waals surface area contributed by atoms with Crippen LogP contribution in [-0.2, 0) is 23.2 Å². The van der Waals surface area contributed by atoms with E-state index in [2.05, 4.69) is 42.6 Å². The summed E-state index contributed by atoms with van der Waals surface area (Å²) in [5.41, 5.74) is 7.47. The van der Waals surface area contributed by atoms with E-state index in [9.17, 15) is 4.79 Å². The summed E-state index contributed by atoms with van der Waals surface area (Å²) >= 11 is 2.96. The molecule has 3 N–H and O–H groups in total. The Morgan fingerprint density at radius 2 is 1.97 bits per heavy atom. The molecule has 1 aromatic carbocycles. The van der Waals surface area contributed by atoms with Gasteiger partial charge in [0, 0.05) is 12.0 Å². The maximum absolute atomic E-state index is 12.3. The van der Waals surface area contributed by atoms with E-state index in [1.165, 1.54) is 11.3 Å². The minimum absolute atomic E-state index is 0.103. The SMILES string of the molecule is C=CC(Sc1cnc(NC(=O)Cc2ccc(CN)cc2)s1)c1ncc(C(C)(C)C)o1. The maximum Gasteiger partial charge on any atom is 0.230 e. The molecule has 0 aliphatic heterocycles. The van der Waals surface area contributed by atoms with Gasteiger partial charge in [-0.1, -0.05) is 74.2 Å². The number of aromatic nitrogens is 2. The van der Waals surface area contributed by atoms with Gasteiger partial charge in [0.25, 0.3) is 0 Å². The Balaban J connectivity index is 1.60. The molecule has 0 saturated carbocycles. The van der Waals surface area contributed by atoms with E-state index in [1.54, 1.807) is 30.2 Å². The molecule has 1 unspecified atom stereocenters. The van der Waals surface area contributed by atoms with E-state index in [0.717, 1.165) is 21.1 Å². The van der Waals surface area contributed by atoms with Crippen LogP contribution in [0, 0.1) is 0 Å². The van der Waals surface area contributed by atoms with Gasteiger partial charge in [-0.25, -0.2) is 9.97 Å². The molecule has 3 aromatic rings. The average molecular weight is 443 g/mol. The Morgan fingerprint density at radius 3 is 2.57 bits per heavy atom. The van der Waals surface area contributed by atoms with Gasteiger partial charge < -0.3 is 15.5 Å². The van der Waals surface area contributed by atoms with Gasteiger partial charge in [-0.15, -0.1) is 6.58 Å². The van der Waals surface area contributed by atoms with Crippen molar-refractivity contribution in [2.45, 2.75) is 48.6 Å². The summed E-state index contributed by atoms with van der Waals surface area (Å²) in [6.45, 7) is 10.6. The van der Waals surface area contributed by atoms with Crippen LogP contribution < -0.4 is 11.1 Å². The average Bonchev–Trinajstić information content (AvgIpc) is 3.36. The number of nitrogens with two attached hydrogens (primary N) is 1. The lowest BCUT2D eigenvalue weighted by Crippen LogP contribution is -2.14. The predicted octanol–water partition coefficient (Wildman–Crippen LogP) is 5.09. The standard InChI is InChI=1S/C22H26N4O2S2/c1-5-16(20-24-12-17(28-20)22(2,3)4)29-19-13-25-21(30-19)26-18(27)10-14-6-8-15(11-23)9-7-14/h5-9,12-13,16H,1,10-11,23H2,2-4H3,(H,25,26,27). The van der Waals surface area contributed by atoms with Gasteiger partial charge in [0.05, 0.1) is 23.0 Å². The molecule has 6 nitrogen and oxygen atoms in total. The first-order chi connectivity index (χ1) is 14.3. The smallest absolute Gasteiger partial charge is 0.230 e. The second-order valence-electron chi connectivity index (χ2n) is 7.82. The molecule has 30 heavy (non-hydrogen) atoms. The Kier molecular flexibility index (Phi) is 7.12. The van der Waals surface area contributed by atoms with Crippen LogP contribution in [0.4, 0.5) is 5.13 Å². The minimum Gasteiger partial charge on any atom is -0.444 e. The zero-order chi connectivity index (χ0) is 21.7. The summed E-state index contributed by atoms with van der Waals surface area (Å²) in [7, 11) is 0. The first-order valence-electron chi connectivity index (χ1n) is 9.57. The number of thioether (sulfide) groups is 1. The van der Waals surface area contributed by atoms with Crippen LogP contribution in [0.5, 0.6) is 0 Å². The Morgan fingerprint density at radius 1 is 1.27 bits per heavy atom. The first kappa shape index (κ1) is 22.3. The third-order valence-electron chi connectivity index (χ3n) is 4.32. The largest absolute Gasteiger partial charge is 0.444 e. The molecule has 158 valence electrons. The van der Waals surface area contributed by atoms with Gasteiger partial charge >= 0.3 is 0 Å². The van der Waals surface area contributed by atoms with E-state index < -0.39 is 0 Å². The fourth-order valence-electron chi connectivity index (χ4n) is 2.60. The van der Waals surface area contributed by atoms with Crippen molar-refractivity contribution in [3.8, 4) is 0 Å². The number of hydrogen-bond acceptors (Lipinski definition) is 7. The lowest BCUT2D eigenvalue weighted by molar-refractivity contribution is -0.115. The van der Waals surface area contributed by atoms with Crippen LogP contribution in [0.25, 0.3) is 0 Å². The Hall–Kier alpha value is -2.42. The van der Waals surface area contributed by atoms with Gasteiger partial charge in [-0.2, -0.15) is 0 Å². The molecule has 2 heterocycles. The molecule has 0 aliphatic rings. The monoisotopic (exact) mass is 442 g/mol. The number of carbonyl (C=O) groups is 1. The van der Waals surface area contributed by atoms with Crippen molar-refractivity contribution >= 4 is 34.1 Å². The normalized spacial score (nSPS) is 12.5. The van der Waals surface area contributed by atoms with E-state index in [0.29, 0.717) is 17.6 Å². The number of thiazole rings is 1. The fourth-order valence-corrected chi connectivity index (χ4v) is 4.58. The van der Waals surface area contributed by atoms with E-state index >= 15 is 0 Å². The summed E-state index contributed by atoms with van der Waals surface area (Å²) in [5, 5.41) is 3.29. The number of carbonyl (C=O) groups excluding carboxylic acids is 1. The van der Waals surface area contributed by atoms with E-state index in [4.69, 9.17) is 10.2 Å². The van der Waals surface area contributed by atoms with Gasteiger partial charge in [0.1, 0.15) is 11.0 Å². The zero-order valence-corrected chi connectivity index (χ0v) is 19.0. The van der Waals surface area contributed by atoms with Crippen molar-refractivity contribution in [1.29, 1.82) is 0 Å². The van der Waals surface area contributed by atoms with Crippen LogP contribution in [0.15, 0.2) is 57.9 Å². The van der Waals surface area contributed by atoms with Crippen molar-refractivity contribution in [3.63, 3.8) is 0 Å². The molecule has 0 bridgehead atoms. The minimum atomic E-state index is -0.133. The summed E-state index contributed by atoms with van der Waals surface area (Å²) in [5.74, 6) is 1.34. The Labute approximate surface area is 185 Å². The number of amides is 1. The van der Waals surface area contributed by atoms with Crippen LogP contribution in [0.1, 0.15) is 48.8 Å². The molecule has 0 radical (unpaired) electrons. The lowest BCUT2D eigenvalue weighted by Gasteiger charge is -2.13. The fraction of sp³-hybridized carbons (Fsp3) is 0.318. The van der Waals surface area contributed by atoms with Crippen molar-refractivity contribution in [2.24, 2.45) is 5.73 Å². The van der Waals surface area contributed by atoms with E-state index in [-0.39, 0.29) is 23.0 Å². The van der Waals surface area contributed by atoms with Gasteiger partial charge in [-0.05, 0) is 11.1 Å². The third-order valence-corrected chi connectivity index (χ3v) is 6.55. The molecule has 2 aromatic heterocycles. The lowest BCUT2D eigenvalue weighted by atomic mass is 9.94. The molecule has 3 rings (SSSR count). The molecule has 0 fully saturated rings. The molecule has 1 amide bonds. The highest BCUT2D eigenvalue weighted by molar-refractivity contribution is 8.01. The highest BCUT2D eigenvalue weighted by atomic mass is 32.2. The van der Waals surface area contributed by atoms with Crippen molar-refractivity contribution in [2.75, 3.05) is 5.32 Å². The summed E-state index contributed by atoms with van der Waals surface area (Å²) < 4.78 is 6.87. The van der Waals surface area contributed by atoms with Crippen LogP contribution in [-0.4, -0.2) is 15.9 Å². The number of nitrogens with zero attached hydrogens (tertiary/aromatic N) is 2. The van der Waals surface area contributed by atoms with Crippen molar-refractivity contribution < 1.29 is 9.21 Å². The first-order valence-corrected chi connectivity index (χ1v) is 11.3. The van der Waals surface area contributed by atoms with Crippen LogP contribution in [0.2, 0.25) is 0 Å². The summed E-state index contributed by atoms with van der Waals surface area (Å²) in [6, 6.07) is 7.71. The van der Waals surface area contributed by atoms with Gasteiger partial charge in [0.15, 0.2) is 5.13 Å². The predicted molar refractivity (Wildman–Crippen MR) is 123 cm³/mol. The van der Waals surface area contributed by atoms with Crippen LogP contribution >= 0.6 is 23.1 Å². The van der Waals surface area contributed by atoms with Crippen LogP contribution in [0.3, 0.4) is 0 Å². The molecule has 1 atom stereocenters. The third kappa shape index (κ3) is 5.81. The molecular weight excluding hydrogens is 416 g/mol. The highest BCUT2D eigenvalue weighted by Gasteiger charge is 2.23. The van der Waals surface area contributed by atoms with E-state index in [1.807, 2.05) is 24.3 Å².